The number of carbonyl (C=O) groups is 3. The van der Waals surface area contributed by atoms with Gasteiger partial charge in [-0.25, -0.2) is 8.78 Å². The van der Waals surface area contributed by atoms with Gasteiger partial charge in [-0.2, -0.15) is 0 Å². The summed E-state index contributed by atoms with van der Waals surface area (Å²) in [6.45, 7) is 0.202. The molecule has 1 aliphatic heterocycles. The summed E-state index contributed by atoms with van der Waals surface area (Å²) in [6, 6.07) is 6.76. The largest absolute Gasteiger partial charge is 0.455 e. The Hall–Kier alpha value is -2.81. The molecule has 0 saturated carbocycles. The number of ether oxygens (including phenoxy) is 1. The highest BCUT2D eigenvalue weighted by Crippen LogP contribution is 2.22. The number of piperidine rings is 1. The monoisotopic (exact) mass is 408 g/mol. The van der Waals surface area contributed by atoms with Crippen LogP contribution in [0.4, 0.5) is 14.5 Å². The normalized spacial score (nSPS) is 14.6. The van der Waals surface area contributed by atoms with Crippen LogP contribution in [0.5, 0.6) is 0 Å². The van der Waals surface area contributed by atoms with Crippen molar-refractivity contribution in [2.75, 3.05) is 25.0 Å². The summed E-state index contributed by atoms with van der Waals surface area (Å²) < 4.78 is 32.0. The number of nitrogens with zero attached hydrogens (tertiary/aromatic N) is 1. The van der Waals surface area contributed by atoms with E-state index in [-0.39, 0.29) is 5.91 Å². The van der Waals surface area contributed by atoms with Crippen molar-refractivity contribution in [3.8, 4) is 0 Å². The van der Waals surface area contributed by atoms with E-state index in [4.69, 9.17) is 4.74 Å². The van der Waals surface area contributed by atoms with Crippen LogP contribution in [0.1, 0.15) is 22.5 Å². The van der Waals surface area contributed by atoms with Crippen molar-refractivity contribution < 1.29 is 27.9 Å². The number of thiophene rings is 1. The summed E-state index contributed by atoms with van der Waals surface area (Å²) in [5.41, 5.74) is -0.580. The average Bonchev–Trinajstić information content (AvgIpc) is 3.23. The second-order valence-corrected chi connectivity index (χ2v) is 7.24. The van der Waals surface area contributed by atoms with E-state index >= 15 is 0 Å². The second-order valence-electron chi connectivity index (χ2n) is 6.30. The highest BCUT2D eigenvalue weighted by atomic mass is 32.1. The van der Waals surface area contributed by atoms with E-state index in [0.29, 0.717) is 30.8 Å². The van der Waals surface area contributed by atoms with E-state index in [0.717, 1.165) is 12.1 Å². The number of likely N-dealkylation sites (tertiary alicyclic amines) is 1. The summed E-state index contributed by atoms with van der Waals surface area (Å²) in [7, 11) is 0. The van der Waals surface area contributed by atoms with Crippen molar-refractivity contribution in [3.05, 3.63) is 52.2 Å². The molecule has 1 aliphatic rings. The first kappa shape index (κ1) is 19.9. The number of para-hydroxylation sites is 1. The molecule has 3 rings (SSSR count). The highest BCUT2D eigenvalue weighted by Gasteiger charge is 2.29. The molecule has 2 heterocycles. The predicted octanol–water partition coefficient (Wildman–Crippen LogP) is 3.06. The Labute approximate surface area is 164 Å². The zero-order valence-electron chi connectivity index (χ0n) is 14.8. The lowest BCUT2D eigenvalue weighted by Gasteiger charge is -2.30. The zero-order chi connectivity index (χ0) is 20.1. The first-order valence-electron chi connectivity index (χ1n) is 8.69. The van der Waals surface area contributed by atoms with Gasteiger partial charge in [-0.05, 0) is 36.4 Å². The Bertz CT molecular complexity index is 845. The topological polar surface area (TPSA) is 75.7 Å². The molecule has 9 heteroatoms. The number of amides is 2. The lowest BCUT2D eigenvalue weighted by molar-refractivity contribution is -0.152. The predicted molar refractivity (Wildman–Crippen MR) is 98.9 cm³/mol. The molecule has 0 atom stereocenters. The van der Waals surface area contributed by atoms with Crippen LogP contribution in [0.25, 0.3) is 0 Å². The molecule has 1 aromatic heterocycles. The fraction of sp³-hybridized carbons (Fsp3) is 0.316. The number of nitrogens with one attached hydrogen (secondary N) is 1. The number of hydrogen-bond donors (Lipinski definition) is 1. The van der Waals surface area contributed by atoms with Crippen molar-refractivity contribution in [1.82, 2.24) is 4.90 Å². The lowest BCUT2D eigenvalue weighted by atomic mass is 9.97. The van der Waals surface area contributed by atoms with Crippen LogP contribution < -0.4 is 5.32 Å². The first-order valence-corrected chi connectivity index (χ1v) is 9.57. The number of carbonyl (C=O) groups excluding carboxylic acids is 3. The van der Waals surface area contributed by atoms with E-state index in [1.165, 1.54) is 17.4 Å². The smallest absolute Gasteiger partial charge is 0.309 e. The van der Waals surface area contributed by atoms with E-state index in [2.05, 4.69) is 5.32 Å². The third kappa shape index (κ3) is 4.72. The van der Waals surface area contributed by atoms with Crippen LogP contribution in [-0.4, -0.2) is 42.4 Å². The van der Waals surface area contributed by atoms with Crippen LogP contribution in [0.15, 0.2) is 35.7 Å². The molecule has 0 bridgehead atoms. The van der Waals surface area contributed by atoms with Gasteiger partial charge < -0.3 is 15.0 Å². The quantitative estimate of drug-likeness (QED) is 0.772. The summed E-state index contributed by atoms with van der Waals surface area (Å²) in [5, 5.41) is 3.89. The molecular formula is C19H18F2N2O4S. The molecule has 1 fully saturated rings. The maximum Gasteiger partial charge on any atom is 0.309 e. The Morgan fingerprint density at radius 2 is 1.79 bits per heavy atom. The van der Waals surface area contributed by atoms with Crippen molar-refractivity contribution in [1.29, 1.82) is 0 Å². The minimum atomic E-state index is -0.914. The Kier molecular flexibility index (Phi) is 6.35. The molecule has 0 aliphatic carbocycles. The second kappa shape index (κ2) is 8.92. The zero-order valence-corrected chi connectivity index (χ0v) is 15.6. The minimum absolute atomic E-state index is 0.0619. The van der Waals surface area contributed by atoms with E-state index < -0.39 is 41.7 Å². The first-order chi connectivity index (χ1) is 13.5. The molecule has 2 aromatic rings. The van der Waals surface area contributed by atoms with Gasteiger partial charge in [-0.3, -0.25) is 14.4 Å². The fourth-order valence-corrected chi connectivity index (χ4v) is 3.61. The molecule has 1 saturated heterocycles. The van der Waals surface area contributed by atoms with Crippen LogP contribution in [0.3, 0.4) is 0 Å². The molecule has 0 radical (unpaired) electrons. The Balaban J connectivity index is 1.44. The number of benzene rings is 1. The van der Waals surface area contributed by atoms with E-state index in [9.17, 15) is 23.2 Å². The number of rotatable bonds is 5. The standard InChI is InChI=1S/C19H18F2N2O4S/c20-13-3-1-4-14(21)17(13)22-16(24)11-27-19(26)12-6-8-23(9-7-12)18(25)15-5-2-10-28-15/h1-5,10,12H,6-9,11H2,(H,22,24). The van der Waals surface area contributed by atoms with Crippen molar-refractivity contribution >= 4 is 34.8 Å². The van der Waals surface area contributed by atoms with E-state index in [1.807, 2.05) is 5.38 Å². The third-order valence-electron chi connectivity index (χ3n) is 4.42. The van der Waals surface area contributed by atoms with Gasteiger partial charge in [0.15, 0.2) is 6.61 Å². The van der Waals surface area contributed by atoms with Crippen LogP contribution in [0.2, 0.25) is 0 Å². The summed E-state index contributed by atoms with van der Waals surface area (Å²) in [6.07, 6.45) is 0.860. The summed E-state index contributed by atoms with van der Waals surface area (Å²) >= 11 is 1.37. The fourth-order valence-electron chi connectivity index (χ4n) is 2.92. The number of hydrogen-bond acceptors (Lipinski definition) is 5. The van der Waals surface area contributed by atoms with Crippen LogP contribution in [-0.2, 0) is 14.3 Å². The van der Waals surface area contributed by atoms with Gasteiger partial charge in [0.05, 0.1) is 10.8 Å². The maximum absolute atomic E-state index is 13.5. The highest BCUT2D eigenvalue weighted by molar-refractivity contribution is 7.12. The molecule has 2 amide bonds. The number of halogens is 2. The maximum atomic E-state index is 13.5. The SMILES string of the molecule is O=C(COC(=O)C1CCN(C(=O)c2cccs2)CC1)Nc1c(F)cccc1F. The van der Waals surface area contributed by atoms with Crippen LogP contribution in [0, 0.1) is 17.6 Å². The van der Waals surface area contributed by atoms with Gasteiger partial charge >= 0.3 is 5.97 Å². The van der Waals surface area contributed by atoms with Gasteiger partial charge in [0, 0.05) is 13.1 Å². The van der Waals surface area contributed by atoms with Crippen LogP contribution >= 0.6 is 11.3 Å². The van der Waals surface area contributed by atoms with Crippen molar-refractivity contribution in [3.63, 3.8) is 0 Å². The van der Waals surface area contributed by atoms with E-state index in [1.54, 1.807) is 17.0 Å². The Morgan fingerprint density at radius 3 is 2.39 bits per heavy atom. The number of esters is 1. The lowest BCUT2D eigenvalue weighted by Crippen LogP contribution is -2.40. The van der Waals surface area contributed by atoms with Crippen molar-refractivity contribution in [2.24, 2.45) is 5.92 Å². The van der Waals surface area contributed by atoms with Gasteiger partial charge in [0.25, 0.3) is 11.8 Å². The van der Waals surface area contributed by atoms with Gasteiger partial charge in [0.2, 0.25) is 0 Å². The summed E-state index contributed by atoms with van der Waals surface area (Å²) in [4.78, 5) is 38.6. The van der Waals surface area contributed by atoms with Gasteiger partial charge in [-0.15, -0.1) is 11.3 Å². The molecular weight excluding hydrogens is 390 g/mol. The minimum Gasteiger partial charge on any atom is -0.455 e. The molecule has 6 nitrogen and oxygen atoms in total. The molecule has 148 valence electrons. The number of anilines is 1. The molecule has 0 spiro atoms. The Morgan fingerprint density at radius 1 is 1.11 bits per heavy atom. The van der Waals surface area contributed by atoms with Gasteiger partial charge in [0.1, 0.15) is 17.3 Å². The van der Waals surface area contributed by atoms with Crippen molar-refractivity contribution in [2.45, 2.75) is 12.8 Å². The molecule has 0 unspecified atom stereocenters. The molecule has 1 N–H and O–H groups in total. The average molecular weight is 408 g/mol. The third-order valence-corrected chi connectivity index (χ3v) is 5.28. The van der Waals surface area contributed by atoms with Gasteiger partial charge in [-0.1, -0.05) is 12.1 Å². The molecule has 28 heavy (non-hydrogen) atoms. The summed E-state index contributed by atoms with van der Waals surface area (Å²) in [5.74, 6) is -3.71. The molecule has 1 aromatic carbocycles.